The molecule has 196 valence electrons. The molecule has 4 aromatic rings. The zero-order valence-electron chi connectivity index (χ0n) is 20.8. The smallest absolute Gasteiger partial charge is 0.323 e. The van der Waals surface area contributed by atoms with Gasteiger partial charge < -0.3 is 19.7 Å². The van der Waals surface area contributed by atoms with Gasteiger partial charge in [-0.15, -0.1) is 0 Å². The maximum absolute atomic E-state index is 11.3. The molecule has 0 saturated carbocycles. The van der Waals surface area contributed by atoms with Crippen molar-refractivity contribution in [2.24, 2.45) is 0 Å². The first kappa shape index (κ1) is 27.1. The van der Waals surface area contributed by atoms with Gasteiger partial charge in [-0.25, -0.2) is 4.98 Å². The normalized spacial score (nSPS) is 11.7. The first-order valence-corrected chi connectivity index (χ1v) is 12.4. The van der Waals surface area contributed by atoms with Crippen LogP contribution in [-0.2, 0) is 24.6 Å². The highest BCUT2D eigenvalue weighted by molar-refractivity contribution is 6.31. The molecule has 0 spiro atoms. The number of halogens is 1. The van der Waals surface area contributed by atoms with Crippen LogP contribution in [-0.4, -0.2) is 38.8 Å². The van der Waals surface area contributed by atoms with Crippen LogP contribution in [0.5, 0.6) is 11.6 Å². The molecule has 0 unspecified atom stereocenters. The van der Waals surface area contributed by atoms with Crippen LogP contribution >= 0.6 is 11.6 Å². The number of benzene rings is 2. The standard InChI is InChI=1S/C29H28ClN3O5/c1-19-23(21-8-3-2-4-9-21)10-5-11-27(19)37-18-26-24(30)13-22(15-32-25(16-34)29(35)36)28(33-26)38-17-20-7-6-12-31-14-20/h2-14,25,32,34H,15-18H2,1H3,(H,35,36)/t25-/m0/s1. The minimum Gasteiger partial charge on any atom is -0.487 e. The van der Waals surface area contributed by atoms with Crippen molar-refractivity contribution in [1.82, 2.24) is 15.3 Å². The molecule has 8 nitrogen and oxygen atoms in total. The van der Waals surface area contributed by atoms with E-state index in [0.29, 0.717) is 22.0 Å². The molecule has 2 aromatic carbocycles. The van der Waals surface area contributed by atoms with Gasteiger partial charge in [-0.3, -0.25) is 15.1 Å². The summed E-state index contributed by atoms with van der Waals surface area (Å²) >= 11 is 6.56. The highest BCUT2D eigenvalue weighted by Gasteiger charge is 2.19. The van der Waals surface area contributed by atoms with Crippen LogP contribution in [0.2, 0.25) is 5.02 Å². The lowest BCUT2D eigenvalue weighted by Gasteiger charge is -2.17. The summed E-state index contributed by atoms with van der Waals surface area (Å²) in [4.78, 5) is 20.0. The number of hydrogen-bond donors (Lipinski definition) is 3. The van der Waals surface area contributed by atoms with Crippen molar-refractivity contribution in [1.29, 1.82) is 0 Å². The fourth-order valence-electron chi connectivity index (χ4n) is 3.84. The average molecular weight is 534 g/mol. The Morgan fingerprint density at radius 3 is 2.58 bits per heavy atom. The van der Waals surface area contributed by atoms with Crippen LogP contribution in [0.1, 0.15) is 22.4 Å². The van der Waals surface area contributed by atoms with E-state index in [1.165, 1.54) is 0 Å². The summed E-state index contributed by atoms with van der Waals surface area (Å²) in [6, 6.07) is 20.2. The van der Waals surface area contributed by atoms with Crippen molar-refractivity contribution in [2.45, 2.75) is 32.7 Å². The lowest BCUT2D eigenvalue weighted by molar-refractivity contribution is -0.140. The van der Waals surface area contributed by atoms with E-state index in [4.69, 9.17) is 21.1 Å². The molecule has 0 aliphatic carbocycles. The summed E-state index contributed by atoms with van der Waals surface area (Å²) in [6.45, 7) is 1.82. The SMILES string of the molecule is Cc1c(OCc2nc(OCc3cccnc3)c(CN[C@@H](CO)C(=O)O)cc2Cl)cccc1-c1ccccc1. The molecule has 0 bridgehead atoms. The second-order valence-electron chi connectivity index (χ2n) is 8.57. The second-order valence-corrected chi connectivity index (χ2v) is 8.98. The summed E-state index contributed by atoms with van der Waals surface area (Å²) in [7, 11) is 0. The Morgan fingerprint density at radius 2 is 1.87 bits per heavy atom. The van der Waals surface area contributed by atoms with E-state index in [2.05, 4.69) is 27.4 Å². The molecule has 38 heavy (non-hydrogen) atoms. The van der Waals surface area contributed by atoms with Crippen molar-refractivity contribution < 1.29 is 24.5 Å². The summed E-state index contributed by atoms with van der Waals surface area (Å²) in [5, 5.41) is 21.7. The van der Waals surface area contributed by atoms with Gasteiger partial charge in [0, 0.05) is 30.1 Å². The van der Waals surface area contributed by atoms with Crippen molar-refractivity contribution >= 4 is 17.6 Å². The third-order valence-electron chi connectivity index (χ3n) is 5.94. The van der Waals surface area contributed by atoms with Crippen molar-refractivity contribution in [3.63, 3.8) is 0 Å². The van der Waals surface area contributed by atoms with Crippen LogP contribution in [0, 0.1) is 6.92 Å². The summed E-state index contributed by atoms with van der Waals surface area (Å²) in [6.07, 6.45) is 3.36. The Hall–Kier alpha value is -3.98. The highest BCUT2D eigenvalue weighted by atomic mass is 35.5. The lowest BCUT2D eigenvalue weighted by atomic mass is 10.00. The van der Waals surface area contributed by atoms with Gasteiger partial charge in [0.1, 0.15) is 30.7 Å². The van der Waals surface area contributed by atoms with Crippen LogP contribution in [0.4, 0.5) is 0 Å². The maximum atomic E-state index is 11.3. The Morgan fingerprint density at radius 1 is 1.05 bits per heavy atom. The zero-order valence-corrected chi connectivity index (χ0v) is 21.6. The quantitative estimate of drug-likeness (QED) is 0.238. The summed E-state index contributed by atoms with van der Waals surface area (Å²) < 4.78 is 12.1. The number of aliphatic hydroxyl groups excluding tert-OH is 1. The number of nitrogens with one attached hydrogen (secondary N) is 1. The number of nitrogens with zero attached hydrogens (tertiary/aromatic N) is 2. The monoisotopic (exact) mass is 533 g/mol. The van der Waals surface area contributed by atoms with Gasteiger partial charge in [-0.2, -0.15) is 0 Å². The maximum Gasteiger partial charge on any atom is 0.323 e. The number of ether oxygens (including phenoxy) is 2. The molecular weight excluding hydrogens is 506 g/mol. The molecule has 2 heterocycles. The molecule has 9 heteroatoms. The predicted octanol–water partition coefficient (Wildman–Crippen LogP) is 4.80. The number of aliphatic carboxylic acids is 1. The number of carbonyl (C=O) groups is 1. The topological polar surface area (TPSA) is 114 Å². The van der Waals surface area contributed by atoms with E-state index < -0.39 is 18.6 Å². The largest absolute Gasteiger partial charge is 0.487 e. The number of aromatic nitrogens is 2. The number of aliphatic hydroxyl groups is 1. The molecule has 4 rings (SSSR count). The molecule has 0 saturated heterocycles. The first-order valence-electron chi connectivity index (χ1n) is 12.0. The van der Waals surface area contributed by atoms with Crippen LogP contribution in [0.3, 0.4) is 0 Å². The molecule has 0 aliphatic heterocycles. The Bertz CT molecular complexity index is 1370. The third-order valence-corrected chi connectivity index (χ3v) is 6.27. The average Bonchev–Trinajstić information content (AvgIpc) is 2.93. The summed E-state index contributed by atoms with van der Waals surface area (Å²) in [5.74, 6) is -0.177. The van der Waals surface area contributed by atoms with Gasteiger partial charge in [-0.05, 0) is 41.8 Å². The van der Waals surface area contributed by atoms with Crippen molar-refractivity contribution in [3.8, 4) is 22.8 Å². The Balaban J connectivity index is 1.56. The number of carboxylic acids is 1. The van der Waals surface area contributed by atoms with Gasteiger partial charge in [0.2, 0.25) is 5.88 Å². The first-order chi connectivity index (χ1) is 18.5. The Kier molecular flexibility index (Phi) is 9.26. The zero-order chi connectivity index (χ0) is 26.9. The number of pyridine rings is 2. The molecular formula is C29H28ClN3O5. The van der Waals surface area contributed by atoms with E-state index in [0.717, 1.165) is 22.3 Å². The molecule has 0 radical (unpaired) electrons. The van der Waals surface area contributed by atoms with Gasteiger partial charge in [0.05, 0.1) is 11.6 Å². The minimum absolute atomic E-state index is 0.0754. The molecule has 3 N–H and O–H groups in total. The summed E-state index contributed by atoms with van der Waals surface area (Å²) in [5.41, 5.74) is 5.01. The predicted molar refractivity (Wildman–Crippen MR) is 144 cm³/mol. The minimum atomic E-state index is -1.16. The fraction of sp³-hybridized carbons (Fsp3) is 0.207. The third kappa shape index (κ3) is 6.86. The molecule has 0 amide bonds. The fourth-order valence-corrected chi connectivity index (χ4v) is 4.07. The van der Waals surface area contributed by atoms with Gasteiger partial charge >= 0.3 is 5.97 Å². The van der Waals surface area contributed by atoms with E-state index in [1.807, 2.05) is 49.4 Å². The van der Waals surface area contributed by atoms with E-state index in [-0.39, 0.29) is 25.6 Å². The highest BCUT2D eigenvalue weighted by Crippen LogP contribution is 2.31. The second kappa shape index (κ2) is 13.0. The van der Waals surface area contributed by atoms with E-state index >= 15 is 0 Å². The van der Waals surface area contributed by atoms with E-state index in [9.17, 15) is 15.0 Å². The van der Waals surface area contributed by atoms with Gasteiger partial charge in [0.25, 0.3) is 0 Å². The van der Waals surface area contributed by atoms with Crippen molar-refractivity contribution in [2.75, 3.05) is 6.61 Å². The number of rotatable bonds is 12. The molecule has 1 atom stereocenters. The molecule has 0 aliphatic rings. The molecule has 2 aromatic heterocycles. The number of carboxylic acid groups (broad SMARTS) is 1. The van der Waals surface area contributed by atoms with Crippen LogP contribution in [0.15, 0.2) is 79.1 Å². The van der Waals surface area contributed by atoms with Crippen LogP contribution in [0.25, 0.3) is 11.1 Å². The van der Waals surface area contributed by atoms with Crippen LogP contribution < -0.4 is 14.8 Å². The lowest BCUT2D eigenvalue weighted by Crippen LogP contribution is -2.39. The van der Waals surface area contributed by atoms with Crippen molar-refractivity contribution in [3.05, 3.63) is 107 Å². The van der Waals surface area contributed by atoms with E-state index in [1.54, 1.807) is 24.5 Å². The number of hydrogen-bond acceptors (Lipinski definition) is 7. The van der Waals surface area contributed by atoms with Gasteiger partial charge in [0.15, 0.2) is 0 Å². The molecule has 0 fully saturated rings. The Labute approximate surface area is 225 Å². The van der Waals surface area contributed by atoms with Gasteiger partial charge in [-0.1, -0.05) is 60.1 Å².